The highest BCUT2D eigenvalue weighted by Crippen LogP contribution is 2.08. The summed E-state index contributed by atoms with van der Waals surface area (Å²) in [6, 6.07) is 19.8. The average Bonchev–Trinajstić information content (AvgIpc) is 2.48. The maximum atomic E-state index is 12.1. The van der Waals surface area contributed by atoms with Crippen LogP contribution in [0.3, 0.4) is 0 Å². The first-order valence-electron chi connectivity index (χ1n) is 7.52. The minimum atomic E-state index is -0.388. The van der Waals surface area contributed by atoms with Crippen LogP contribution in [-0.2, 0) is 22.6 Å². The Morgan fingerprint density at radius 1 is 0.955 bits per heavy atom. The van der Waals surface area contributed by atoms with E-state index in [9.17, 15) is 4.79 Å². The molecule has 0 heterocycles. The first kappa shape index (κ1) is 16.2. The number of rotatable bonds is 7. The monoisotopic (exact) mass is 297 g/mol. The van der Waals surface area contributed by atoms with Gasteiger partial charge in [0.1, 0.15) is 0 Å². The van der Waals surface area contributed by atoms with Crippen LogP contribution in [0.4, 0.5) is 0 Å². The SMILES string of the molecule is CC(C)(COCc1ccccc1)NC(=O)Cc1ccccc1. The average molecular weight is 297 g/mol. The molecule has 2 aromatic rings. The molecule has 0 saturated carbocycles. The summed E-state index contributed by atoms with van der Waals surface area (Å²) < 4.78 is 5.72. The van der Waals surface area contributed by atoms with Gasteiger partial charge in [-0.1, -0.05) is 60.7 Å². The van der Waals surface area contributed by atoms with Crippen LogP contribution < -0.4 is 5.32 Å². The lowest BCUT2D eigenvalue weighted by atomic mass is 10.1. The lowest BCUT2D eigenvalue weighted by Gasteiger charge is -2.26. The van der Waals surface area contributed by atoms with Gasteiger partial charge in [-0.25, -0.2) is 0 Å². The van der Waals surface area contributed by atoms with Crippen molar-refractivity contribution in [1.82, 2.24) is 5.32 Å². The van der Waals surface area contributed by atoms with Crippen LogP contribution in [-0.4, -0.2) is 18.1 Å². The van der Waals surface area contributed by atoms with Crippen LogP contribution >= 0.6 is 0 Å². The first-order chi connectivity index (χ1) is 10.6. The van der Waals surface area contributed by atoms with E-state index >= 15 is 0 Å². The molecule has 22 heavy (non-hydrogen) atoms. The Labute approximate surface area is 132 Å². The summed E-state index contributed by atoms with van der Waals surface area (Å²) >= 11 is 0. The lowest BCUT2D eigenvalue weighted by Crippen LogP contribution is -2.47. The molecule has 3 heteroatoms. The zero-order chi connectivity index (χ0) is 15.8. The summed E-state index contributed by atoms with van der Waals surface area (Å²) in [5.41, 5.74) is 1.76. The Balaban J connectivity index is 1.76. The molecule has 116 valence electrons. The molecule has 0 aliphatic carbocycles. The Morgan fingerprint density at radius 3 is 2.09 bits per heavy atom. The van der Waals surface area contributed by atoms with Crippen LogP contribution in [0, 0.1) is 0 Å². The molecule has 0 atom stereocenters. The third-order valence-corrected chi connectivity index (χ3v) is 3.26. The Kier molecular flexibility index (Phi) is 5.73. The molecule has 1 N–H and O–H groups in total. The topological polar surface area (TPSA) is 38.3 Å². The number of hydrogen-bond acceptors (Lipinski definition) is 2. The molecule has 0 unspecified atom stereocenters. The smallest absolute Gasteiger partial charge is 0.224 e. The third-order valence-electron chi connectivity index (χ3n) is 3.26. The van der Waals surface area contributed by atoms with Gasteiger partial charge in [0.15, 0.2) is 0 Å². The van der Waals surface area contributed by atoms with E-state index < -0.39 is 0 Å². The number of carbonyl (C=O) groups excluding carboxylic acids is 1. The molecule has 0 bridgehead atoms. The minimum absolute atomic E-state index is 0.0134. The number of benzene rings is 2. The summed E-state index contributed by atoms with van der Waals surface area (Å²) in [7, 11) is 0. The summed E-state index contributed by atoms with van der Waals surface area (Å²) in [5, 5.41) is 3.03. The second-order valence-corrected chi connectivity index (χ2v) is 6.07. The predicted molar refractivity (Wildman–Crippen MR) is 88.5 cm³/mol. The van der Waals surface area contributed by atoms with E-state index in [4.69, 9.17) is 4.74 Å². The van der Waals surface area contributed by atoms with Crippen molar-refractivity contribution in [3.8, 4) is 0 Å². The Morgan fingerprint density at radius 2 is 1.50 bits per heavy atom. The maximum Gasteiger partial charge on any atom is 0.224 e. The van der Waals surface area contributed by atoms with Crippen LogP contribution in [0.1, 0.15) is 25.0 Å². The van der Waals surface area contributed by atoms with Gasteiger partial charge in [0.2, 0.25) is 5.91 Å². The third kappa shape index (κ3) is 5.70. The molecular weight excluding hydrogens is 274 g/mol. The number of carbonyl (C=O) groups is 1. The van der Waals surface area contributed by atoms with Crippen molar-refractivity contribution in [3.63, 3.8) is 0 Å². The van der Waals surface area contributed by atoms with Gasteiger partial charge in [0, 0.05) is 0 Å². The standard InChI is InChI=1S/C19H23NO2/c1-19(2,15-22-14-17-11-7-4-8-12-17)20-18(21)13-16-9-5-3-6-10-16/h3-12H,13-15H2,1-2H3,(H,20,21). The van der Waals surface area contributed by atoms with E-state index in [0.29, 0.717) is 19.6 Å². The second kappa shape index (κ2) is 7.76. The van der Waals surface area contributed by atoms with Gasteiger partial charge in [-0.05, 0) is 25.0 Å². The lowest BCUT2D eigenvalue weighted by molar-refractivity contribution is -0.122. The Bertz CT molecular complexity index is 579. The van der Waals surface area contributed by atoms with Gasteiger partial charge in [0.05, 0.1) is 25.2 Å². The highest BCUT2D eigenvalue weighted by molar-refractivity contribution is 5.79. The van der Waals surface area contributed by atoms with Gasteiger partial charge in [-0.2, -0.15) is 0 Å². The first-order valence-corrected chi connectivity index (χ1v) is 7.52. The van der Waals surface area contributed by atoms with Crippen molar-refractivity contribution in [2.24, 2.45) is 0 Å². The largest absolute Gasteiger partial charge is 0.374 e. The van der Waals surface area contributed by atoms with Gasteiger partial charge >= 0.3 is 0 Å². The van der Waals surface area contributed by atoms with E-state index in [1.54, 1.807) is 0 Å². The summed E-state index contributed by atoms with van der Waals surface area (Å²) in [5.74, 6) is 0.0134. The number of amides is 1. The summed E-state index contributed by atoms with van der Waals surface area (Å²) in [6.45, 7) is 4.98. The molecule has 0 radical (unpaired) electrons. The molecule has 0 aliphatic heterocycles. The van der Waals surface area contributed by atoms with E-state index in [-0.39, 0.29) is 11.4 Å². The van der Waals surface area contributed by atoms with Crippen molar-refractivity contribution >= 4 is 5.91 Å². The zero-order valence-electron chi connectivity index (χ0n) is 13.2. The van der Waals surface area contributed by atoms with Crippen molar-refractivity contribution in [3.05, 3.63) is 71.8 Å². The maximum absolute atomic E-state index is 12.1. The van der Waals surface area contributed by atoms with Crippen LogP contribution in [0.15, 0.2) is 60.7 Å². The van der Waals surface area contributed by atoms with Crippen molar-refractivity contribution in [2.45, 2.75) is 32.4 Å². The number of hydrogen-bond donors (Lipinski definition) is 1. The molecule has 0 saturated heterocycles. The van der Waals surface area contributed by atoms with E-state index in [0.717, 1.165) is 11.1 Å². The van der Waals surface area contributed by atoms with E-state index in [2.05, 4.69) is 5.32 Å². The predicted octanol–water partition coefficient (Wildman–Crippen LogP) is 3.34. The molecular formula is C19H23NO2. The van der Waals surface area contributed by atoms with Crippen LogP contribution in [0.5, 0.6) is 0 Å². The number of nitrogens with one attached hydrogen (secondary N) is 1. The van der Waals surface area contributed by atoms with E-state index in [1.807, 2.05) is 74.5 Å². The Hall–Kier alpha value is -2.13. The van der Waals surface area contributed by atoms with Crippen molar-refractivity contribution < 1.29 is 9.53 Å². The van der Waals surface area contributed by atoms with Crippen LogP contribution in [0.25, 0.3) is 0 Å². The summed E-state index contributed by atoms with van der Waals surface area (Å²) in [6.07, 6.45) is 0.392. The molecule has 0 aliphatic rings. The van der Waals surface area contributed by atoms with Crippen molar-refractivity contribution in [1.29, 1.82) is 0 Å². The molecule has 0 spiro atoms. The van der Waals surface area contributed by atoms with Gasteiger partial charge in [-0.15, -0.1) is 0 Å². The number of ether oxygens (including phenoxy) is 1. The molecule has 3 nitrogen and oxygen atoms in total. The van der Waals surface area contributed by atoms with Gasteiger partial charge in [0.25, 0.3) is 0 Å². The molecule has 2 aromatic carbocycles. The van der Waals surface area contributed by atoms with Gasteiger partial charge in [-0.3, -0.25) is 4.79 Å². The fourth-order valence-electron chi connectivity index (χ4n) is 2.24. The fraction of sp³-hybridized carbons (Fsp3) is 0.316. The zero-order valence-corrected chi connectivity index (χ0v) is 13.2. The van der Waals surface area contributed by atoms with Crippen molar-refractivity contribution in [2.75, 3.05) is 6.61 Å². The molecule has 0 fully saturated rings. The van der Waals surface area contributed by atoms with Crippen LogP contribution in [0.2, 0.25) is 0 Å². The second-order valence-electron chi connectivity index (χ2n) is 6.07. The highest BCUT2D eigenvalue weighted by atomic mass is 16.5. The normalized spacial score (nSPS) is 11.2. The van der Waals surface area contributed by atoms with E-state index in [1.165, 1.54) is 0 Å². The molecule has 1 amide bonds. The fourth-order valence-corrected chi connectivity index (χ4v) is 2.24. The minimum Gasteiger partial charge on any atom is -0.374 e. The summed E-state index contributed by atoms with van der Waals surface area (Å²) in [4.78, 5) is 12.1. The molecule has 2 rings (SSSR count). The van der Waals surface area contributed by atoms with Gasteiger partial charge < -0.3 is 10.1 Å². The quantitative estimate of drug-likeness (QED) is 0.851. The highest BCUT2D eigenvalue weighted by Gasteiger charge is 2.20. The molecule has 0 aromatic heterocycles.